The number of carbonyl (C=O) groups is 2. The van der Waals surface area contributed by atoms with Crippen LogP contribution in [-0.2, 0) is 0 Å². The molecule has 0 unspecified atom stereocenters. The molecule has 5 nitrogen and oxygen atoms in total. The number of amides is 2. The SMILES string of the molecule is C=C(C)CN(CC)C(=O)Nc1cc(Br)cc(C(=O)O)c1. The fraction of sp³-hybridized carbons (Fsp3) is 0.286. The molecular weight excluding hydrogens is 324 g/mol. The van der Waals surface area contributed by atoms with E-state index in [1.54, 1.807) is 11.0 Å². The van der Waals surface area contributed by atoms with Gasteiger partial charge in [0, 0.05) is 23.2 Å². The molecule has 1 aromatic rings. The molecule has 1 rings (SSSR count). The molecule has 6 heteroatoms. The van der Waals surface area contributed by atoms with Crippen LogP contribution in [0.15, 0.2) is 34.8 Å². The fourth-order valence-corrected chi connectivity index (χ4v) is 2.13. The molecule has 2 amide bonds. The molecule has 0 atom stereocenters. The number of hydrogen-bond donors (Lipinski definition) is 2. The number of carboxylic acid groups (broad SMARTS) is 1. The van der Waals surface area contributed by atoms with Gasteiger partial charge in [-0.2, -0.15) is 0 Å². The van der Waals surface area contributed by atoms with Crippen molar-refractivity contribution >= 4 is 33.6 Å². The van der Waals surface area contributed by atoms with Gasteiger partial charge in [0.15, 0.2) is 0 Å². The van der Waals surface area contributed by atoms with Crippen LogP contribution in [0.4, 0.5) is 10.5 Å². The summed E-state index contributed by atoms with van der Waals surface area (Å²) in [6.45, 7) is 8.49. The third kappa shape index (κ3) is 4.70. The van der Waals surface area contributed by atoms with E-state index in [4.69, 9.17) is 5.11 Å². The third-order valence-electron chi connectivity index (χ3n) is 2.53. The Balaban J connectivity index is 2.89. The van der Waals surface area contributed by atoms with Crippen LogP contribution in [0.1, 0.15) is 24.2 Å². The minimum absolute atomic E-state index is 0.109. The van der Waals surface area contributed by atoms with E-state index < -0.39 is 5.97 Å². The Morgan fingerprint density at radius 2 is 2.05 bits per heavy atom. The van der Waals surface area contributed by atoms with Crippen molar-refractivity contribution in [1.29, 1.82) is 0 Å². The number of benzene rings is 1. The summed E-state index contributed by atoms with van der Waals surface area (Å²) in [5.41, 5.74) is 1.42. The van der Waals surface area contributed by atoms with Crippen molar-refractivity contribution in [3.63, 3.8) is 0 Å². The first-order valence-electron chi connectivity index (χ1n) is 6.07. The van der Waals surface area contributed by atoms with Crippen molar-refractivity contribution < 1.29 is 14.7 Å². The summed E-state index contributed by atoms with van der Waals surface area (Å²) in [6.07, 6.45) is 0. The van der Waals surface area contributed by atoms with Crippen molar-refractivity contribution in [1.82, 2.24) is 4.90 Å². The number of likely N-dealkylation sites (N-methyl/N-ethyl adjacent to an activating group) is 1. The molecule has 0 fully saturated rings. The molecule has 108 valence electrons. The number of rotatable bonds is 5. The predicted molar refractivity (Wildman–Crippen MR) is 82.2 cm³/mol. The molecule has 0 spiro atoms. The second kappa shape index (κ2) is 7.09. The average molecular weight is 341 g/mol. The van der Waals surface area contributed by atoms with Crippen LogP contribution in [0.2, 0.25) is 0 Å². The molecule has 0 saturated carbocycles. The molecule has 0 saturated heterocycles. The lowest BCUT2D eigenvalue weighted by Crippen LogP contribution is -2.35. The standard InChI is InChI=1S/C14H17BrN2O3/c1-4-17(8-9(2)3)14(20)16-12-6-10(13(18)19)5-11(15)7-12/h5-7H,2,4,8H2,1,3H3,(H,16,20)(H,18,19). The molecule has 0 aliphatic heterocycles. The quantitative estimate of drug-likeness (QED) is 0.805. The van der Waals surface area contributed by atoms with E-state index in [2.05, 4.69) is 27.8 Å². The summed E-state index contributed by atoms with van der Waals surface area (Å²) in [4.78, 5) is 24.6. The highest BCUT2D eigenvalue weighted by Gasteiger charge is 2.13. The highest BCUT2D eigenvalue weighted by molar-refractivity contribution is 9.10. The minimum atomic E-state index is -1.05. The number of nitrogens with one attached hydrogen (secondary N) is 1. The second-order valence-corrected chi connectivity index (χ2v) is 5.35. The van der Waals surface area contributed by atoms with Gasteiger partial charge in [-0.05, 0) is 32.0 Å². The lowest BCUT2D eigenvalue weighted by molar-refractivity contribution is 0.0697. The fourth-order valence-electron chi connectivity index (χ4n) is 1.64. The number of carboxylic acids is 1. The Kier molecular flexibility index (Phi) is 5.76. The van der Waals surface area contributed by atoms with Crippen molar-refractivity contribution in [2.75, 3.05) is 18.4 Å². The summed E-state index contributed by atoms with van der Waals surface area (Å²) >= 11 is 3.22. The van der Waals surface area contributed by atoms with E-state index in [1.165, 1.54) is 12.1 Å². The number of hydrogen-bond acceptors (Lipinski definition) is 2. The van der Waals surface area contributed by atoms with Crippen LogP contribution in [0.5, 0.6) is 0 Å². The molecule has 0 radical (unpaired) electrons. The van der Waals surface area contributed by atoms with Gasteiger partial charge in [0.25, 0.3) is 0 Å². The zero-order chi connectivity index (χ0) is 15.3. The first-order chi connectivity index (χ1) is 9.33. The van der Waals surface area contributed by atoms with Gasteiger partial charge in [-0.25, -0.2) is 9.59 Å². The van der Waals surface area contributed by atoms with Crippen molar-refractivity contribution in [3.8, 4) is 0 Å². The summed E-state index contributed by atoms with van der Waals surface area (Å²) in [5.74, 6) is -1.05. The van der Waals surface area contributed by atoms with Crippen LogP contribution in [0.3, 0.4) is 0 Å². The summed E-state index contributed by atoms with van der Waals surface area (Å²) in [5, 5.41) is 11.7. The Morgan fingerprint density at radius 3 is 2.55 bits per heavy atom. The van der Waals surface area contributed by atoms with Gasteiger partial charge in [0.2, 0.25) is 0 Å². The molecule has 0 aromatic heterocycles. The number of carbonyl (C=O) groups excluding carboxylic acids is 1. The Bertz CT molecular complexity index is 543. The van der Waals surface area contributed by atoms with E-state index in [9.17, 15) is 9.59 Å². The predicted octanol–water partition coefficient (Wildman–Crippen LogP) is 3.58. The van der Waals surface area contributed by atoms with Crippen LogP contribution in [-0.4, -0.2) is 35.1 Å². The van der Waals surface area contributed by atoms with E-state index in [0.29, 0.717) is 23.2 Å². The molecule has 20 heavy (non-hydrogen) atoms. The number of anilines is 1. The maximum atomic E-state index is 12.1. The summed E-state index contributed by atoms with van der Waals surface area (Å²) in [6, 6.07) is 4.26. The molecule has 0 aliphatic carbocycles. The lowest BCUT2D eigenvalue weighted by atomic mass is 10.2. The molecule has 0 heterocycles. The largest absolute Gasteiger partial charge is 0.478 e. The van der Waals surface area contributed by atoms with Crippen LogP contribution in [0, 0.1) is 0 Å². The van der Waals surface area contributed by atoms with Crippen LogP contribution < -0.4 is 5.32 Å². The van der Waals surface area contributed by atoms with Crippen molar-refractivity contribution in [2.24, 2.45) is 0 Å². The van der Waals surface area contributed by atoms with Gasteiger partial charge in [-0.15, -0.1) is 0 Å². The zero-order valence-corrected chi connectivity index (χ0v) is 13.0. The lowest BCUT2D eigenvalue weighted by Gasteiger charge is -2.21. The first kappa shape index (κ1) is 16.2. The number of halogens is 1. The Hall–Kier alpha value is -1.82. The van der Waals surface area contributed by atoms with Gasteiger partial charge in [0.05, 0.1) is 5.56 Å². The molecule has 0 aliphatic rings. The number of urea groups is 1. The molecule has 0 bridgehead atoms. The number of aromatic carboxylic acids is 1. The Morgan fingerprint density at radius 1 is 1.40 bits per heavy atom. The van der Waals surface area contributed by atoms with E-state index in [1.807, 2.05) is 13.8 Å². The van der Waals surface area contributed by atoms with Gasteiger partial charge >= 0.3 is 12.0 Å². The highest BCUT2D eigenvalue weighted by Crippen LogP contribution is 2.20. The maximum absolute atomic E-state index is 12.1. The molecule has 1 aromatic carbocycles. The smallest absolute Gasteiger partial charge is 0.335 e. The first-order valence-corrected chi connectivity index (χ1v) is 6.87. The Labute approximate surface area is 126 Å². The van der Waals surface area contributed by atoms with E-state index in [-0.39, 0.29) is 11.6 Å². The average Bonchev–Trinajstić information content (AvgIpc) is 2.34. The van der Waals surface area contributed by atoms with E-state index in [0.717, 1.165) is 5.57 Å². The van der Waals surface area contributed by atoms with Gasteiger partial charge in [-0.3, -0.25) is 0 Å². The maximum Gasteiger partial charge on any atom is 0.335 e. The van der Waals surface area contributed by atoms with E-state index >= 15 is 0 Å². The van der Waals surface area contributed by atoms with Gasteiger partial charge in [-0.1, -0.05) is 28.1 Å². The van der Waals surface area contributed by atoms with Crippen LogP contribution >= 0.6 is 15.9 Å². The normalized spacial score (nSPS) is 9.95. The van der Waals surface area contributed by atoms with Crippen molar-refractivity contribution in [2.45, 2.75) is 13.8 Å². The number of nitrogens with zero attached hydrogens (tertiary/aromatic N) is 1. The third-order valence-corrected chi connectivity index (χ3v) is 2.98. The van der Waals surface area contributed by atoms with Crippen LogP contribution in [0.25, 0.3) is 0 Å². The van der Waals surface area contributed by atoms with Gasteiger partial charge in [0.1, 0.15) is 0 Å². The zero-order valence-electron chi connectivity index (χ0n) is 11.4. The van der Waals surface area contributed by atoms with Gasteiger partial charge < -0.3 is 15.3 Å². The minimum Gasteiger partial charge on any atom is -0.478 e. The highest BCUT2D eigenvalue weighted by atomic mass is 79.9. The monoisotopic (exact) mass is 340 g/mol. The second-order valence-electron chi connectivity index (χ2n) is 4.44. The topological polar surface area (TPSA) is 69.6 Å². The molecular formula is C14H17BrN2O3. The molecule has 2 N–H and O–H groups in total. The van der Waals surface area contributed by atoms with Crippen molar-refractivity contribution in [3.05, 3.63) is 40.4 Å². The summed E-state index contributed by atoms with van der Waals surface area (Å²) in [7, 11) is 0. The summed E-state index contributed by atoms with van der Waals surface area (Å²) < 4.78 is 0.593.